The Labute approximate surface area is 71.1 Å². The molecule has 0 unspecified atom stereocenters. The van der Waals surface area contributed by atoms with Crippen LogP contribution in [0.15, 0.2) is 0 Å². The third-order valence-electron chi connectivity index (χ3n) is 2.07. The number of aromatic nitrogens is 4. The molecule has 1 aromatic heterocycles. The predicted octanol–water partition coefficient (Wildman–Crippen LogP) is -0.198. The Morgan fingerprint density at radius 3 is 3.08 bits per heavy atom. The second kappa shape index (κ2) is 3.18. The lowest BCUT2D eigenvalue weighted by atomic mass is 10.4. The van der Waals surface area contributed by atoms with Gasteiger partial charge in [-0.15, -0.1) is 5.10 Å². The van der Waals surface area contributed by atoms with Gasteiger partial charge in [-0.3, -0.25) is 0 Å². The number of hydrogen-bond acceptors (Lipinski definition) is 4. The van der Waals surface area contributed by atoms with Crippen molar-refractivity contribution in [3.05, 3.63) is 5.82 Å². The van der Waals surface area contributed by atoms with Crippen molar-refractivity contribution in [1.82, 2.24) is 25.5 Å². The van der Waals surface area contributed by atoms with Gasteiger partial charge in [0, 0.05) is 6.54 Å². The average molecular weight is 167 g/mol. The van der Waals surface area contributed by atoms with Crippen molar-refractivity contribution < 1.29 is 0 Å². The van der Waals surface area contributed by atoms with Crippen LogP contribution in [-0.2, 0) is 13.1 Å². The first-order chi connectivity index (χ1) is 5.90. The molecule has 0 saturated heterocycles. The highest BCUT2D eigenvalue weighted by Gasteiger charge is 2.23. The van der Waals surface area contributed by atoms with Crippen LogP contribution in [0.5, 0.6) is 0 Å². The van der Waals surface area contributed by atoms with Gasteiger partial charge in [-0.05, 0) is 36.2 Å². The first-order valence-corrected chi connectivity index (χ1v) is 4.30. The van der Waals surface area contributed by atoms with E-state index in [0.717, 1.165) is 24.8 Å². The normalized spacial score (nSPS) is 16.8. The molecule has 1 saturated carbocycles. The first-order valence-electron chi connectivity index (χ1n) is 4.30. The van der Waals surface area contributed by atoms with Gasteiger partial charge in [0.15, 0.2) is 5.82 Å². The number of tetrazole rings is 1. The van der Waals surface area contributed by atoms with Crippen molar-refractivity contribution in [3.8, 4) is 0 Å². The van der Waals surface area contributed by atoms with Crippen LogP contribution >= 0.6 is 0 Å². The zero-order valence-corrected chi connectivity index (χ0v) is 7.19. The minimum atomic E-state index is 0.750. The molecule has 0 atom stereocenters. The summed E-state index contributed by atoms with van der Waals surface area (Å²) in [4.78, 5) is 0. The minimum Gasteiger partial charge on any atom is -0.313 e. The van der Waals surface area contributed by atoms with E-state index in [-0.39, 0.29) is 0 Å². The summed E-state index contributed by atoms with van der Waals surface area (Å²) < 4.78 is 1.90. The Hall–Kier alpha value is -0.970. The average Bonchev–Trinajstić information content (AvgIpc) is 2.76. The van der Waals surface area contributed by atoms with Crippen molar-refractivity contribution in [3.63, 3.8) is 0 Å². The third kappa shape index (κ3) is 1.61. The zero-order chi connectivity index (χ0) is 8.39. The molecule has 1 aliphatic carbocycles. The van der Waals surface area contributed by atoms with E-state index in [1.54, 1.807) is 0 Å². The third-order valence-corrected chi connectivity index (χ3v) is 2.07. The lowest BCUT2D eigenvalue weighted by Gasteiger charge is -2.01. The highest BCUT2D eigenvalue weighted by molar-refractivity contribution is 4.82. The largest absolute Gasteiger partial charge is 0.313 e. The van der Waals surface area contributed by atoms with Gasteiger partial charge in [0.1, 0.15) is 0 Å². The quantitative estimate of drug-likeness (QED) is 0.675. The topological polar surface area (TPSA) is 55.6 Å². The summed E-state index contributed by atoms with van der Waals surface area (Å²) in [7, 11) is 1.90. The molecule has 1 fully saturated rings. The maximum Gasteiger partial charge on any atom is 0.165 e. The summed E-state index contributed by atoms with van der Waals surface area (Å²) in [6, 6.07) is 0. The SMILES string of the molecule is CNCc1nnnn1CC1CC1. The minimum absolute atomic E-state index is 0.750. The number of hydrogen-bond donors (Lipinski definition) is 1. The van der Waals surface area contributed by atoms with Crippen molar-refractivity contribution >= 4 is 0 Å². The van der Waals surface area contributed by atoms with Crippen LogP contribution in [0.2, 0.25) is 0 Å². The van der Waals surface area contributed by atoms with E-state index < -0.39 is 0 Å². The number of nitrogens with zero attached hydrogens (tertiary/aromatic N) is 4. The van der Waals surface area contributed by atoms with E-state index in [9.17, 15) is 0 Å². The molecule has 5 nitrogen and oxygen atoms in total. The second-order valence-corrected chi connectivity index (χ2v) is 3.25. The second-order valence-electron chi connectivity index (χ2n) is 3.25. The molecule has 1 heterocycles. The van der Waals surface area contributed by atoms with E-state index in [0.29, 0.717) is 0 Å². The molecular weight excluding hydrogens is 154 g/mol. The van der Waals surface area contributed by atoms with Gasteiger partial charge < -0.3 is 5.32 Å². The monoisotopic (exact) mass is 167 g/mol. The van der Waals surface area contributed by atoms with Gasteiger partial charge >= 0.3 is 0 Å². The molecular formula is C7H13N5. The van der Waals surface area contributed by atoms with E-state index in [1.165, 1.54) is 12.8 Å². The van der Waals surface area contributed by atoms with Crippen LogP contribution in [0.1, 0.15) is 18.7 Å². The molecule has 0 radical (unpaired) electrons. The molecule has 0 aromatic carbocycles. The molecule has 12 heavy (non-hydrogen) atoms. The molecule has 1 N–H and O–H groups in total. The van der Waals surface area contributed by atoms with Crippen molar-refractivity contribution in [2.75, 3.05) is 7.05 Å². The van der Waals surface area contributed by atoms with Crippen molar-refractivity contribution in [2.45, 2.75) is 25.9 Å². The number of rotatable bonds is 4. The molecule has 0 amide bonds. The fourth-order valence-corrected chi connectivity index (χ4v) is 1.19. The summed E-state index contributed by atoms with van der Waals surface area (Å²) in [5, 5.41) is 14.5. The fourth-order valence-electron chi connectivity index (χ4n) is 1.19. The van der Waals surface area contributed by atoms with Crippen LogP contribution in [0, 0.1) is 5.92 Å². The van der Waals surface area contributed by atoms with Gasteiger partial charge in [-0.2, -0.15) is 0 Å². The van der Waals surface area contributed by atoms with Crippen LogP contribution in [0.4, 0.5) is 0 Å². The van der Waals surface area contributed by atoms with Gasteiger partial charge in [-0.25, -0.2) is 4.68 Å². The van der Waals surface area contributed by atoms with E-state index >= 15 is 0 Å². The standard InChI is InChI=1S/C7H13N5/c1-8-4-7-9-10-11-12(7)5-6-2-3-6/h6,8H,2-5H2,1H3. The Morgan fingerprint density at radius 1 is 1.58 bits per heavy atom. The molecule has 66 valence electrons. The Bertz CT molecular complexity index is 252. The summed E-state index contributed by atoms with van der Waals surface area (Å²) >= 11 is 0. The Kier molecular flexibility index (Phi) is 2.03. The Morgan fingerprint density at radius 2 is 2.42 bits per heavy atom. The summed E-state index contributed by atoms with van der Waals surface area (Å²) in [6.45, 7) is 1.74. The van der Waals surface area contributed by atoms with Crippen LogP contribution in [-0.4, -0.2) is 27.3 Å². The highest BCUT2D eigenvalue weighted by Crippen LogP contribution is 2.30. The molecule has 0 spiro atoms. The Balaban J connectivity index is 2.01. The van der Waals surface area contributed by atoms with Crippen molar-refractivity contribution in [2.24, 2.45) is 5.92 Å². The lowest BCUT2D eigenvalue weighted by Crippen LogP contribution is -2.14. The van der Waals surface area contributed by atoms with Gasteiger partial charge in [-0.1, -0.05) is 0 Å². The first kappa shape index (κ1) is 7.67. The van der Waals surface area contributed by atoms with Crippen LogP contribution in [0.25, 0.3) is 0 Å². The fraction of sp³-hybridized carbons (Fsp3) is 0.857. The summed E-state index contributed by atoms with van der Waals surface area (Å²) in [6.07, 6.45) is 2.66. The highest BCUT2D eigenvalue weighted by atomic mass is 15.5. The predicted molar refractivity (Wildman–Crippen MR) is 43.3 cm³/mol. The lowest BCUT2D eigenvalue weighted by molar-refractivity contribution is 0.516. The molecule has 5 heteroatoms. The van der Waals surface area contributed by atoms with E-state index in [4.69, 9.17) is 0 Å². The van der Waals surface area contributed by atoms with Crippen LogP contribution < -0.4 is 5.32 Å². The van der Waals surface area contributed by atoms with E-state index in [1.807, 2.05) is 11.7 Å². The van der Waals surface area contributed by atoms with Gasteiger partial charge in [0.2, 0.25) is 0 Å². The van der Waals surface area contributed by atoms with Gasteiger partial charge in [0.05, 0.1) is 6.54 Å². The maximum atomic E-state index is 3.93. The zero-order valence-electron chi connectivity index (χ0n) is 7.19. The molecule has 0 bridgehead atoms. The number of nitrogens with one attached hydrogen (secondary N) is 1. The molecule has 2 rings (SSSR count). The van der Waals surface area contributed by atoms with Crippen molar-refractivity contribution in [1.29, 1.82) is 0 Å². The molecule has 0 aliphatic heterocycles. The molecule has 1 aliphatic rings. The van der Waals surface area contributed by atoms with Crippen LogP contribution in [0.3, 0.4) is 0 Å². The molecule has 1 aromatic rings. The summed E-state index contributed by atoms with van der Waals surface area (Å²) in [5.74, 6) is 1.76. The smallest absolute Gasteiger partial charge is 0.165 e. The summed E-state index contributed by atoms with van der Waals surface area (Å²) in [5.41, 5.74) is 0. The van der Waals surface area contributed by atoms with E-state index in [2.05, 4.69) is 20.8 Å². The maximum absolute atomic E-state index is 3.93. The van der Waals surface area contributed by atoms with Gasteiger partial charge in [0.25, 0.3) is 0 Å².